The van der Waals surface area contributed by atoms with Gasteiger partial charge >= 0.3 is 0 Å². The molecule has 0 amide bonds. The molecule has 1 heterocycles. The van der Waals surface area contributed by atoms with E-state index in [2.05, 4.69) is 9.97 Å². The van der Waals surface area contributed by atoms with E-state index in [0.717, 1.165) is 17.0 Å². The maximum Gasteiger partial charge on any atom is 0.116 e. The fourth-order valence-electron chi connectivity index (χ4n) is 1.28. The Kier molecular flexibility index (Phi) is 2.14. The molecular weight excluding hydrogens is 176 g/mol. The van der Waals surface area contributed by atoms with Gasteiger partial charge in [0.1, 0.15) is 12.1 Å². The van der Waals surface area contributed by atoms with Gasteiger partial charge in [0.15, 0.2) is 0 Å². The minimum atomic E-state index is 0.249. The first kappa shape index (κ1) is 8.69. The number of hydrogen-bond donors (Lipinski definition) is 1. The molecule has 3 nitrogen and oxygen atoms in total. The molecule has 0 unspecified atom stereocenters. The molecule has 70 valence electrons. The van der Waals surface area contributed by atoms with Crippen LogP contribution in [0.5, 0.6) is 5.75 Å². The molecule has 0 aliphatic carbocycles. The predicted molar refractivity (Wildman–Crippen MR) is 53.9 cm³/mol. The first-order chi connectivity index (χ1) is 6.75. The Morgan fingerprint density at radius 2 is 2.00 bits per heavy atom. The van der Waals surface area contributed by atoms with Crippen molar-refractivity contribution in [1.82, 2.24) is 9.97 Å². The molecule has 0 aliphatic rings. The summed E-state index contributed by atoms with van der Waals surface area (Å²) in [5, 5.41) is 9.30. The zero-order valence-corrected chi connectivity index (χ0v) is 7.81. The number of aromatic hydroxyl groups is 1. The van der Waals surface area contributed by atoms with Crippen molar-refractivity contribution < 1.29 is 5.11 Å². The number of nitrogens with zero attached hydrogens (tertiary/aromatic N) is 2. The van der Waals surface area contributed by atoms with Gasteiger partial charge in [0, 0.05) is 11.3 Å². The molecule has 2 aromatic rings. The van der Waals surface area contributed by atoms with Crippen LogP contribution in [0.4, 0.5) is 0 Å². The molecule has 0 saturated carbocycles. The molecule has 0 spiro atoms. The normalized spacial score (nSPS) is 10.1. The van der Waals surface area contributed by atoms with Gasteiger partial charge in [-0.05, 0) is 25.1 Å². The van der Waals surface area contributed by atoms with E-state index < -0.39 is 0 Å². The van der Waals surface area contributed by atoms with Crippen molar-refractivity contribution >= 4 is 0 Å². The third kappa shape index (κ3) is 1.71. The van der Waals surface area contributed by atoms with Gasteiger partial charge in [-0.15, -0.1) is 0 Å². The Bertz CT molecular complexity index is 411. The third-order valence-electron chi connectivity index (χ3n) is 1.95. The lowest BCUT2D eigenvalue weighted by atomic mass is 10.1. The highest BCUT2D eigenvalue weighted by Crippen LogP contribution is 2.20. The van der Waals surface area contributed by atoms with E-state index in [-0.39, 0.29) is 5.75 Å². The van der Waals surface area contributed by atoms with Crippen LogP contribution in [-0.4, -0.2) is 15.1 Å². The Morgan fingerprint density at radius 1 is 1.14 bits per heavy atom. The lowest BCUT2D eigenvalue weighted by Crippen LogP contribution is -1.87. The second-order valence-electron chi connectivity index (χ2n) is 3.09. The molecule has 0 radical (unpaired) electrons. The molecule has 0 fully saturated rings. The molecule has 1 N–H and O–H groups in total. The first-order valence-corrected chi connectivity index (χ1v) is 4.34. The number of phenolic OH excluding ortho intramolecular Hbond substituents is 1. The SMILES string of the molecule is Cc1cc(-c2cccc(O)c2)ncn1. The van der Waals surface area contributed by atoms with Gasteiger partial charge in [0.05, 0.1) is 5.69 Å². The fraction of sp³-hybridized carbons (Fsp3) is 0.0909. The van der Waals surface area contributed by atoms with Gasteiger partial charge in [-0.3, -0.25) is 0 Å². The van der Waals surface area contributed by atoms with E-state index in [0.29, 0.717) is 0 Å². The van der Waals surface area contributed by atoms with Crippen molar-refractivity contribution in [1.29, 1.82) is 0 Å². The number of hydrogen-bond acceptors (Lipinski definition) is 3. The second-order valence-corrected chi connectivity index (χ2v) is 3.09. The summed E-state index contributed by atoms with van der Waals surface area (Å²) in [7, 11) is 0. The number of rotatable bonds is 1. The summed E-state index contributed by atoms with van der Waals surface area (Å²) in [6.07, 6.45) is 1.52. The van der Waals surface area contributed by atoms with Crippen molar-refractivity contribution in [3.05, 3.63) is 42.4 Å². The van der Waals surface area contributed by atoms with Crippen molar-refractivity contribution in [2.45, 2.75) is 6.92 Å². The summed E-state index contributed by atoms with van der Waals surface area (Å²) < 4.78 is 0. The van der Waals surface area contributed by atoms with Crippen LogP contribution in [0.2, 0.25) is 0 Å². The van der Waals surface area contributed by atoms with Crippen LogP contribution < -0.4 is 0 Å². The van der Waals surface area contributed by atoms with Gasteiger partial charge in [-0.2, -0.15) is 0 Å². The molecule has 1 aromatic heterocycles. The highest BCUT2D eigenvalue weighted by Gasteiger charge is 2.00. The highest BCUT2D eigenvalue weighted by atomic mass is 16.3. The molecule has 0 saturated heterocycles. The topological polar surface area (TPSA) is 46.0 Å². The second kappa shape index (κ2) is 3.46. The van der Waals surface area contributed by atoms with Gasteiger partial charge in [0.25, 0.3) is 0 Å². The van der Waals surface area contributed by atoms with Crippen LogP contribution in [0.1, 0.15) is 5.69 Å². The lowest BCUT2D eigenvalue weighted by molar-refractivity contribution is 0.475. The smallest absolute Gasteiger partial charge is 0.116 e. The van der Waals surface area contributed by atoms with Crippen LogP contribution in [0, 0.1) is 6.92 Å². The van der Waals surface area contributed by atoms with Gasteiger partial charge in [0.2, 0.25) is 0 Å². The van der Waals surface area contributed by atoms with E-state index in [1.165, 1.54) is 6.33 Å². The van der Waals surface area contributed by atoms with E-state index in [1.54, 1.807) is 18.2 Å². The first-order valence-electron chi connectivity index (χ1n) is 4.34. The van der Waals surface area contributed by atoms with Gasteiger partial charge < -0.3 is 5.11 Å². The standard InChI is InChI=1S/C11H10N2O/c1-8-5-11(13-7-12-8)9-3-2-4-10(14)6-9/h2-7,14H,1H3. The van der Waals surface area contributed by atoms with Crippen LogP contribution in [0.3, 0.4) is 0 Å². The minimum absolute atomic E-state index is 0.249. The molecule has 1 aromatic carbocycles. The summed E-state index contributed by atoms with van der Waals surface area (Å²) in [5.41, 5.74) is 2.64. The van der Waals surface area contributed by atoms with Crippen LogP contribution in [0.15, 0.2) is 36.7 Å². The third-order valence-corrected chi connectivity index (χ3v) is 1.95. The molecular formula is C11H10N2O. The molecule has 0 atom stereocenters. The van der Waals surface area contributed by atoms with Crippen LogP contribution in [0.25, 0.3) is 11.3 Å². The quantitative estimate of drug-likeness (QED) is 0.742. The molecule has 14 heavy (non-hydrogen) atoms. The Hall–Kier alpha value is -1.90. The Balaban J connectivity index is 2.49. The summed E-state index contributed by atoms with van der Waals surface area (Å²) >= 11 is 0. The fourth-order valence-corrected chi connectivity index (χ4v) is 1.28. The van der Waals surface area contributed by atoms with E-state index in [9.17, 15) is 5.11 Å². The molecule has 3 heteroatoms. The van der Waals surface area contributed by atoms with E-state index in [1.807, 2.05) is 19.1 Å². The van der Waals surface area contributed by atoms with Gasteiger partial charge in [-0.1, -0.05) is 12.1 Å². The molecule has 2 rings (SSSR count). The van der Waals surface area contributed by atoms with Crippen molar-refractivity contribution in [3.63, 3.8) is 0 Å². The average molecular weight is 186 g/mol. The average Bonchev–Trinajstić information content (AvgIpc) is 2.18. The van der Waals surface area contributed by atoms with Crippen LogP contribution in [-0.2, 0) is 0 Å². The zero-order chi connectivity index (χ0) is 9.97. The monoisotopic (exact) mass is 186 g/mol. The summed E-state index contributed by atoms with van der Waals surface area (Å²) in [6.45, 7) is 1.91. The minimum Gasteiger partial charge on any atom is -0.508 e. The molecule has 0 bridgehead atoms. The van der Waals surface area contributed by atoms with Gasteiger partial charge in [-0.25, -0.2) is 9.97 Å². The van der Waals surface area contributed by atoms with Crippen molar-refractivity contribution in [2.75, 3.05) is 0 Å². The van der Waals surface area contributed by atoms with Crippen molar-refractivity contribution in [2.24, 2.45) is 0 Å². The molecule has 0 aliphatic heterocycles. The van der Waals surface area contributed by atoms with E-state index >= 15 is 0 Å². The largest absolute Gasteiger partial charge is 0.508 e. The number of benzene rings is 1. The predicted octanol–water partition coefficient (Wildman–Crippen LogP) is 2.16. The summed E-state index contributed by atoms with van der Waals surface area (Å²) in [5.74, 6) is 0.249. The number of aryl methyl sites for hydroxylation is 1. The zero-order valence-electron chi connectivity index (χ0n) is 7.81. The maximum absolute atomic E-state index is 9.30. The summed E-state index contributed by atoms with van der Waals surface area (Å²) in [4.78, 5) is 8.14. The number of aromatic nitrogens is 2. The van der Waals surface area contributed by atoms with Crippen LogP contribution >= 0.6 is 0 Å². The summed E-state index contributed by atoms with van der Waals surface area (Å²) in [6, 6.07) is 8.90. The Morgan fingerprint density at radius 3 is 2.71 bits per heavy atom. The van der Waals surface area contributed by atoms with E-state index in [4.69, 9.17) is 0 Å². The Labute approximate surface area is 82.1 Å². The highest BCUT2D eigenvalue weighted by molar-refractivity contribution is 5.60. The number of phenols is 1. The van der Waals surface area contributed by atoms with Crippen molar-refractivity contribution in [3.8, 4) is 17.0 Å². The lowest BCUT2D eigenvalue weighted by Gasteiger charge is -2.01. The maximum atomic E-state index is 9.30.